The Morgan fingerprint density at radius 2 is 2.07 bits per heavy atom. The average molecular weight is 208 g/mol. The van der Waals surface area contributed by atoms with Gasteiger partial charge in [0.15, 0.2) is 5.78 Å². The van der Waals surface area contributed by atoms with Gasteiger partial charge in [0.05, 0.1) is 5.56 Å². The van der Waals surface area contributed by atoms with Crippen molar-refractivity contribution in [1.29, 1.82) is 0 Å². The third-order valence-electron chi connectivity index (χ3n) is 2.79. The molecule has 1 atom stereocenters. The minimum absolute atomic E-state index is 0.127. The third-order valence-corrected chi connectivity index (χ3v) is 2.79. The van der Waals surface area contributed by atoms with Crippen LogP contribution in [0.2, 0.25) is 0 Å². The van der Waals surface area contributed by atoms with E-state index in [-0.39, 0.29) is 11.3 Å². The van der Waals surface area contributed by atoms with Gasteiger partial charge in [0.2, 0.25) is 0 Å². The molecule has 0 N–H and O–H groups in total. The van der Waals surface area contributed by atoms with Gasteiger partial charge in [0, 0.05) is 6.42 Å². The van der Waals surface area contributed by atoms with Crippen LogP contribution in [-0.4, -0.2) is 5.78 Å². The van der Waals surface area contributed by atoms with Crippen molar-refractivity contribution in [3.05, 3.63) is 35.1 Å². The van der Waals surface area contributed by atoms with Crippen LogP contribution in [0.4, 0.5) is 4.39 Å². The van der Waals surface area contributed by atoms with Gasteiger partial charge in [0.25, 0.3) is 0 Å². The van der Waals surface area contributed by atoms with E-state index < -0.39 is 5.82 Å². The Morgan fingerprint density at radius 3 is 2.60 bits per heavy atom. The number of carbonyl (C=O) groups is 1. The Morgan fingerprint density at radius 1 is 1.40 bits per heavy atom. The van der Waals surface area contributed by atoms with E-state index in [0.717, 1.165) is 12.0 Å². The monoisotopic (exact) mass is 208 g/mol. The predicted molar refractivity (Wildman–Crippen MR) is 59.7 cm³/mol. The van der Waals surface area contributed by atoms with Crippen molar-refractivity contribution in [2.24, 2.45) is 0 Å². The van der Waals surface area contributed by atoms with E-state index >= 15 is 0 Å². The van der Waals surface area contributed by atoms with Gasteiger partial charge in [-0.2, -0.15) is 0 Å². The number of halogens is 1. The molecule has 1 aromatic rings. The number of hydrogen-bond donors (Lipinski definition) is 0. The molecule has 0 aliphatic heterocycles. The van der Waals surface area contributed by atoms with Crippen LogP contribution in [0.3, 0.4) is 0 Å². The molecule has 0 amide bonds. The van der Waals surface area contributed by atoms with Crippen molar-refractivity contribution >= 4 is 5.78 Å². The van der Waals surface area contributed by atoms with Crippen molar-refractivity contribution in [3.63, 3.8) is 0 Å². The first-order valence-corrected chi connectivity index (χ1v) is 5.42. The first-order chi connectivity index (χ1) is 7.10. The lowest BCUT2D eigenvalue weighted by Crippen LogP contribution is -2.03. The molecule has 0 fully saturated rings. The van der Waals surface area contributed by atoms with Crippen molar-refractivity contribution in [2.45, 2.75) is 39.5 Å². The largest absolute Gasteiger partial charge is 0.294 e. The molecule has 1 aromatic carbocycles. The third kappa shape index (κ3) is 2.65. The Kier molecular flexibility index (Phi) is 4.01. The van der Waals surface area contributed by atoms with Gasteiger partial charge in [-0.25, -0.2) is 4.39 Å². The molecule has 0 saturated heterocycles. The number of benzene rings is 1. The molecule has 0 spiro atoms. The Labute approximate surface area is 90.3 Å². The molecule has 0 aliphatic rings. The van der Waals surface area contributed by atoms with Crippen molar-refractivity contribution in [2.75, 3.05) is 0 Å². The summed E-state index contributed by atoms with van der Waals surface area (Å²) in [5.41, 5.74) is 1.27. The van der Waals surface area contributed by atoms with E-state index in [9.17, 15) is 9.18 Å². The summed E-state index contributed by atoms with van der Waals surface area (Å²) in [5.74, 6) is -0.166. The van der Waals surface area contributed by atoms with Crippen LogP contribution < -0.4 is 0 Å². The number of ketones is 1. The van der Waals surface area contributed by atoms with Crippen LogP contribution in [0.25, 0.3) is 0 Å². The maximum absolute atomic E-state index is 13.4. The Bertz CT molecular complexity index is 358. The molecular weight excluding hydrogens is 191 g/mol. The fourth-order valence-electron chi connectivity index (χ4n) is 1.49. The van der Waals surface area contributed by atoms with Crippen LogP contribution in [0.1, 0.15) is 55.5 Å². The van der Waals surface area contributed by atoms with Crippen molar-refractivity contribution in [3.8, 4) is 0 Å². The zero-order valence-corrected chi connectivity index (χ0v) is 9.51. The number of Topliss-reactive ketones (excluding diaryl/α,β-unsaturated/α-hetero) is 1. The van der Waals surface area contributed by atoms with Crippen LogP contribution >= 0.6 is 0 Å². The van der Waals surface area contributed by atoms with E-state index in [0.29, 0.717) is 12.3 Å². The van der Waals surface area contributed by atoms with Crippen LogP contribution in [-0.2, 0) is 0 Å². The number of hydrogen-bond acceptors (Lipinski definition) is 1. The number of rotatable bonds is 4. The normalized spacial score (nSPS) is 12.5. The molecule has 2 heteroatoms. The maximum Gasteiger partial charge on any atom is 0.165 e. The molecule has 0 radical (unpaired) electrons. The highest BCUT2D eigenvalue weighted by Crippen LogP contribution is 2.21. The maximum atomic E-state index is 13.4. The predicted octanol–water partition coefficient (Wildman–Crippen LogP) is 3.93. The minimum atomic E-state index is -0.408. The lowest BCUT2D eigenvalue weighted by atomic mass is 9.95. The highest BCUT2D eigenvalue weighted by Gasteiger charge is 2.12. The minimum Gasteiger partial charge on any atom is -0.294 e. The average Bonchev–Trinajstić information content (AvgIpc) is 2.27. The molecule has 0 aliphatic carbocycles. The topological polar surface area (TPSA) is 17.1 Å². The zero-order chi connectivity index (χ0) is 11.4. The second-order valence-corrected chi connectivity index (χ2v) is 3.83. The van der Waals surface area contributed by atoms with Crippen LogP contribution in [0.5, 0.6) is 0 Å². The molecule has 15 heavy (non-hydrogen) atoms. The van der Waals surface area contributed by atoms with Crippen LogP contribution in [0.15, 0.2) is 18.2 Å². The summed E-state index contributed by atoms with van der Waals surface area (Å²) in [6.07, 6.45) is 1.34. The second-order valence-electron chi connectivity index (χ2n) is 3.83. The molecule has 82 valence electrons. The van der Waals surface area contributed by atoms with E-state index in [2.05, 4.69) is 13.8 Å². The van der Waals surface area contributed by atoms with Gasteiger partial charge < -0.3 is 0 Å². The second kappa shape index (κ2) is 5.06. The summed E-state index contributed by atoms with van der Waals surface area (Å²) in [6, 6.07) is 4.84. The Balaban J connectivity index is 3.10. The summed E-state index contributed by atoms with van der Waals surface area (Å²) in [7, 11) is 0. The standard InChI is InChI=1S/C13H17FO/c1-4-9(3)10-6-7-12(14)11(8-10)13(15)5-2/h6-9H,4-5H2,1-3H3. The van der Waals surface area contributed by atoms with E-state index in [1.54, 1.807) is 19.1 Å². The van der Waals surface area contributed by atoms with Gasteiger partial charge in [-0.05, 0) is 30.0 Å². The first-order valence-electron chi connectivity index (χ1n) is 5.42. The van der Waals surface area contributed by atoms with Gasteiger partial charge in [-0.1, -0.05) is 26.8 Å². The molecule has 1 rings (SSSR count). The summed E-state index contributed by atoms with van der Waals surface area (Å²) < 4.78 is 13.4. The van der Waals surface area contributed by atoms with Crippen LogP contribution in [0, 0.1) is 5.82 Å². The fraction of sp³-hybridized carbons (Fsp3) is 0.462. The quantitative estimate of drug-likeness (QED) is 0.685. The van der Waals surface area contributed by atoms with Crippen molar-refractivity contribution in [1.82, 2.24) is 0 Å². The molecule has 0 aromatic heterocycles. The SMILES string of the molecule is CCC(=O)c1cc(C(C)CC)ccc1F. The Hall–Kier alpha value is -1.18. The van der Waals surface area contributed by atoms with Gasteiger partial charge >= 0.3 is 0 Å². The lowest BCUT2D eigenvalue weighted by Gasteiger charge is -2.10. The lowest BCUT2D eigenvalue weighted by molar-refractivity contribution is 0.0984. The van der Waals surface area contributed by atoms with E-state index in [1.165, 1.54) is 6.07 Å². The van der Waals surface area contributed by atoms with Gasteiger partial charge in [-0.3, -0.25) is 4.79 Å². The summed E-state index contributed by atoms with van der Waals surface area (Å²) >= 11 is 0. The zero-order valence-electron chi connectivity index (χ0n) is 9.51. The highest BCUT2D eigenvalue weighted by atomic mass is 19.1. The summed E-state index contributed by atoms with van der Waals surface area (Å²) in [5, 5.41) is 0. The first kappa shape index (κ1) is 11.9. The number of carbonyl (C=O) groups excluding carboxylic acids is 1. The van der Waals surface area contributed by atoms with E-state index in [1.807, 2.05) is 0 Å². The van der Waals surface area contributed by atoms with Crippen molar-refractivity contribution < 1.29 is 9.18 Å². The fourth-order valence-corrected chi connectivity index (χ4v) is 1.49. The smallest absolute Gasteiger partial charge is 0.165 e. The van der Waals surface area contributed by atoms with Gasteiger partial charge in [0.1, 0.15) is 5.82 Å². The molecular formula is C13H17FO. The summed E-state index contributed by atoms with van der Waals surface area (Å²) in [4.78, 5) is 11.5. The molecule has 1 nitrogen and oxygen atoms in total. The van der Waals surface area contributed by atoms with Gasteiger partial charge in [-0.15, -0.1) is 0 Å². The molecule has 1 unspecified atom stereocenters. The molecule has 0 bridgehead atoms. The van der Waals surface area contributed by atoms with E-state index in [4.69, 9.17) is 0 Å². The highest BCUT2D eigenvalue weighted by molar-refractivity contribution is 5.96. The summed E-state index contributed by atoms with van der Waals surface area (Å²) in [6.45, 7) is 5.90. The molecule has 0 saturated carbocycles. The molecule has 0 heterocycles.